The van der Waals surface area contributed by atoms with Gasteiger partial charge in [-0.1, -0.05) is 42.0 Å². The molecule has 3 heteroatoms. The number of hydrogen-bond acceptors (Lipinski definition) is 1. The van der Waals surface area contributed by atoms with Gasteiger partial charge in [-0.2, -0.15) is 0 Å². The van der Waals surface area contributed by atoms with Gasteiger partial charge in [-0.15, -0.1) is 0 Å². The van der Waals surface area contributed by atoms with Crippen molar-refractivity contribution in [2.75, 3.05) is 7.05 Å². The van der Waals surface area contributed by atoms with Crippen LogP contribution in [0.3, 0.4) is 0 Å². The molecule has 0 radical (unpaired) electrons. The second-order valence-electron chi connectivity index (χ2n) is 5.43. The molecular weight excluding hydrogens is 268 g/mol. The quantitative estimate of drug-likeness (QED) is 0.846. The minimum Gasteiger partial charge on any atom is -0.317 e. The van der Waals surface area contributed by atoms with Gasteiger partial charge < -0.3 is 5.32 Å². The molecule has 1 nitrogen and oxygen atoms in total. The molecule has 0 aliphatic rings. The summed E-state index contributed by atoms with van der Waals surface area (Å²) >= 11 is 0. The molecule has 2 rings (SSSR count). The molecule has 0 heterocycles. The summed E-state index contributed by atoms with van der Waals surface area (Å²) in [5.74, 6) is -1.51. The van der Waals surface area contributed by atoms with E-state index in [1.807, 2.05) is 13.1 Å². The Bertz CT molecular complexity index is 596. The molecule has 0 amide bonds. The third-order valence-corrected chi connectivity index (χ3v) is 3.77. The fraction of sp³-hybridized carbons (Fsp3) is 0.333. The van der Waals surface area contributed by atoms with Crippen molar-refractivity contribution in [3.8, 4) is 0 Å². The van der Waals surface area contributed by atoms with E-state index in [0.29, 0.717) is 12.0 Å². The van der Waals surface area contributed by atoms with Gasteiger partial charge in [-0.3, -0.25) is 0 Å². The second-order valence-corrected chi connectivity index (χ2v) is 5.43. The molecule has 0 saturated carbocycles. The molecule has 0 aliphatic heterocycles. The van der Waals surface area contributed by atoms with Crippen LogP contribution in [0.5, 0.6) is 0 Å². The smallest absolute Gasteiger partial charge is 0.162 e. The van der Waals surface area contributed by atoms with E-state index in [2.05, 4.69) is 30.4 Å². The lowest BCUT2D eigenvalue weighted by Crippen LogP contribution is -2.28. The Morgan fingerprint density at radius 2 is 1.86 bits per heavy atom. The van der Waals surface area contributed by atoms with E-state index < -0.39 is 11.6 Å². The summed E-state index contributed by atoms with van der Waals surface area (Å²) in [6.45, 7) is 2.07. The first kappa shape index (κ1) is 15.6. The van der Waals surface area contributed by atoms with E-state index in [4.69, 9.17) is 0 Å². The molecule has 0 aliphatic carbocycles. The Balaban J connectivity index is 1.99. The molecule has 2 aromatic carbocycles. The van der Waals surface area contributed by atoms with E-state index in [9.17, 15) is 8.78 Å². The van der Waals surface area contributed by atoms with Crippen LogP contribution in [0.25, 0.3) is 0 Å². The average molecular weight is 289 g/mol. The van der Waals surface area contributed by atoms with Crippen LogP contribution in [0.4, 0.5) is 8.78 Å². The van der Waals surface area contributed by atoms with Gasteiger partial charge >= 0.3 is 0 Å². The zero-order valence-corrected chi connectivity index (χ0v) is 12.5. The van der Waals surface area contributed by atoms with E-state index in [0.717, 1.165) is 18.9 Å². The third kappa shape index (κ3) is 4.36. The summed E-state index contributed by atoms with van der Waals surface area (Å²) in [6, 6.07) is 12.9. The molecular formula is C18H21F2N. The molecule has 1 N–H and O–H groups in total. The lowest BCUT2D eigenvalue weighted by molar-refractivity contribution is 0.473. The highest BCUT2D eigenvalue weighted by Crippen LogP contribution is 2.16. The van der Waals surface area contributed by atoms with Crippen molar-refractivity contribution < 1.29 is 8.78 Å². The summed E-state index contributed by atoms with van der Waals surface area (Å²) in [4.78, 5) is 0. The van der Waals surface area contributed by atoms with Gasteiger partial charge in [-0.25, -0.2) is 8.78 Å². The minimum absolute atomic E-state index is 0.127. The van der Waals surface area contributed by atoms with Crippen LogP contribution in [-0.4, -0.2) is 13.1 Å². The Morgan fingerprint density at radius 1 is 1.10 bits per heavy atom. The third-order valence-electron chi connectivity index (χ3n) is 3.77. The molecule has 21 heavy (non-hydrogen) atoms. The largest absolute Gasteiger partial charge is 0.317 e. The SMILES string of the molecule is CNC(CCc1cccc(C)c1)Cc1cccc(F)c1F. The number of benzene rings is 2. The molecule has 0 bridgehead atoms. The van der Waals surface area contributed by atoms with Crippen molar-refractivity contribution in [1.29, 1.82) is 0 Å². The molecule has 0 fully saturated rings. The minimum atomic E-state index is -0.777. The predicted octanol–water partition coefficient (Wildman–Crippen LogP) is 4.04. The lowest BCUT2D eigenvalue weighted by Gasteiger charge is -2.17. The van der Waals surface area contributed by atoms with Crippen molar-refractivity contribution in [3.63, 3.8) is 0 Å². The van der Waals surface area contributed by atoms with Gasteiger partial charge in [-0.05, 0) is 50.4 Å². The molecule has 0 spiro atoms. The number of nitrogens with one attached hydrogen (secondary N) is 1. The maximum atomic E-state index is 13.7. The van der Waals surface area contributed by atoms with Crippen LogP contribution in [-0.2, 0) is 12.8 Å². The fourth-order valence-electron chi connectivity index (χ4n) is 2.53. The van der Waals surface area contributed by atoms with E-state index in [1.165, 1.54) is 11.1 Å². The molecule has 1 atom stereocenters. The van der Waals surface area contributed by atoms with Gasteiger partial charge in [0.2, 0.25) is 0 Å². The average Bonchev–Trinajstić information content (AvgIpc) is 2.48. The second kappa shape index (κ2) is 7.32. The summed E-state index contributed by atoms with van der Waals surface area (Å²) in [5.41, 5.74) is 2.94. The van der Waals surface area contributed by atoms with Gasteiger partial charge in [0.05, 0.1) is 0 Å². The van der Waals surface area contributed by atoms with E-state index in [-0.39, 0.29) is 6.04 Å². The molecule has 0 saturated heterocycles. The van der Waals surface area contributed by atoms with Crippen molar-refractivity contribution >= 4 is 0 Å². The zero-order chi connectivity index (χ0) is 15.2. The summed E-state index contributed by atoms with van der Waals surface area (Å²) in [5, 5.41) is 3.19. The van der Waals surface area contributed by atoms with Gasteiger partial charge in [0.15, 0.2) is 11.6 Å². The van der Waals surface area contributed by atoms with Crippen LogP contribution >= 0.6 is 0 Å². The number of hydrogen-bond donors (Lipinski definition) is 1. The van der Waals surface area contributed by atoms with Crippen LogP contribution in [0.1, 0.15) is 23.1 Å². The van der Waals surface area contributed by atoms with Gasteiger partial charge in [0.1, 0.15) is 0 Å². The normalized spacial score (nSPS) is 12.4. The van der Waals surface area contributed by atoms with Crippen molar-refractivity contribution in [2.45, 2.75) is 32.2 Å². The Hall–Kier alpha value is -1.74. The molecule has 1 unspecified atom stereocenters. The van der Waals surface area contributed by atoms with E-state index >= 15 is 0 Å². The van der Waals surface area contributed by atoms with Gasteiger partial charge in [0, 0.05) is 6.04 Å². The summed E-state index contributed by atoms with van der Waals surface area (Å²) in [7, 11) is 1.86. The molecule has 112 valence electrons. The standard InChI is InChI=1S/C18H21F2N/c1-13-5-3-6-14(11-13)9-10-16(21-2)12-15-7-4-8-17(19)18(15)20/h3-8,11,16,21H,9-10,12H2,1-2H3. The fourth-order valence-corrected chi connectivity index (χ4v) is 2.53. The van der Waals surface area contributed by atoms with E-state index in [1.54, 1.807) is 12.1 Å². The number of aryl methyl sites for hydroxylation is 2. The Kier molecular flexibility index (Phi) is 5.45. The monoisotopic (exact) mass is 289 g/mol. The van der Waals surface area contributed by atoms with Crippen LogP contribution in [0, 0.1) is 18.6 Å². The van der Waals surface area contributed by atoms with Crippen molar-refractivity contribution in [2.24, 2.45) is 0 Å². The lowest BCUT2D eigenvalue weighted by atomic mass is 9.98. The first-order valence-corrected chi connectivity index (χ1v) is 7.26. The summed E-state index contributed by atoms with van der Waals surface area (Å²) < 4.78 is 26.9. The number of halogens is 2. The highest BCUT2D eigenvalue weighted by atomic mass is 19.2. The van der Waals surface area contributed by atoms with Crippen LogP contribution in [0.2, 0.25) is 0 Å². The maximum absolute atomic E-state index is 13.7. The van der Waals surface area contributed by atoms with Crippen molar-refractivity contribution in [3.05, 3.63) is 70.8 Å². The Morgan fingerprint density at radius 3 is 2.57 bits per heavy atom. The number of rotatable bonds is 6. The predicted molar refractivity (Wildman–Crippen MR) is 82.4 cm³/mol. The first-order valence-electron chi connectivity index (χ1n) is 7.26. The highest BCUT2D eigenvalue weighted by molar-refractivity contribution is 5.23. The van der Waals surface area contributed by atoms with Crippen LogP contribution < -0.4 is 5.32 Å². The molecule has 2 aromatic rings. The van der Waals surface area contributed by atoms with Gasteiger partial charge in [0.25, 0.3) is 0 Å². The topological polar surface area (TPSA) is 12.0 Å². The van der Waals surface area contributed by atoms with Crippen LogP contribution in [0.15, 0.2) is 42.5 Å². The summed E-state index contributed by atoms with van der Waals surface area (Å²) in [6.07, 6.45) is 2.30. The Labute approximate surface area is 125 Å². The van der Waals surface area contributed by atoms with Crippen molar-refractivity contribution in [1.82, 2.24) is 5.32 Å². The number of likely N-dealkylation sites (N-methyl/N-ethyl adjacent to an activating group) is 1. The zero-order valence-electron chi connectivity index (χ0n) is 12.5. The first-order chi connectivity index (χ1) is 10.1. The highest BCUT2D eigenvalue weighted by Gasteiger charge is 2.13. The maximum Gasteiger partial charge on any atom is 0.162 e. The molecule has 0 aromatic heterocycles.